The van der Waals surface area contributed by atoms with Gasteiger partial charge in [0, 0.05) is 36.7 Å². The van der Waals surface area contributed by atoms with Gasteiger partial charge >= 0.3 is 0 Å². The fourth-order valence-corrected chi connectivity index (χ4v) is 3.46. The number of ether oxygens (including phenoxy) is 1. The minimum Gasteiger partial charge on any atom is -0.489 e. The van der Waals surface area contributed by atoms with Crippen molar-refractivity contribution in [1.82, 2.24) is 15.6 Å². The fraction of sp³-hybridized carbons (Fsp3) is 0.250. The van der Waals surface area contributed by atoms with Crippen LogP contribution in [0, 0.1) is 0 Å². The van der Waals surface area contributed by atoms with Crippen LogP contribution < -0.4 is 15.4 Å². The number of carbonyl (C=O) groups is 1. The molecule has 2 aromatic carbocycles. The molecule has 128 valence electrons. The minimum atomic E-state index is -0.188. The van der Waals surface area contributed by atoms with Gasteiger partial charge in [0.15, 0.2) is 0 Å². The lowest BCUT2D eigenvalue weighted by atomic mass is 9.92. The average molecular weight is 335 g/mol. The van der Waals surface area contributed by atoms with Gasteiger partial charge in [-0.2, -0.15) is 0 Å². The van der Waals surface area contributed by atoms with E-state index in [0.29, 0.717) is 13.2 Å². The van der Waals surface area contributed by atoms with Crippen LogP contribution in [0.3, 0.4) is 0 Å². The molecule has 0 saturated heterocycles. The number of aromatic nitrogens is 1. The number of likely N-dealkylation sites (N-methyl/N-ethyl adjacent to an activating group) is 1. The summed E-state index contributed by atoms with van der Waals surface area (Å²) in [6, 6.07) is 16.1. The van der Waals surface area contributed by atoms with Crippen molar-refractivity contribution < 1.29 is 9.53 Å². The first kappa shape index (κ1) is 15.7. The largest absolute Gasteiger partial charge is 0.489 e. The van der Waals surface area contributed by atoms with Crippen LogP contribution in [0.15, 0.2) is 48.5 Å². The van der Waals surface area contributed by atoms with E-state index in [4.69, 9.17) is 4.74 Å². The molecule has 5 heteroatoms. The number of benzene rings is 2. The van der Waals surface area contributed by atoms with Gasteiger partial charge in [-0.25, -0.2) is 0 Å². The Morgan fingerprint density at radius 2 is 2.08 bits per heavy atom. The zero-order chi connectivity index (χ0) is 17.2. The zero-order valence-electron chi connectivity index (χ0n) is 14.1. The minimum absolute atomic E-state index is 0.0324. The number of rotatable bonds is 4. The van der Waals surface area contributed by atoms with Crippen LogP contribution in [0.1, 0.15) is 22.7 Å². The van der Waals surface area contributed by atoms with Crippen LogP contribution >= 0.6 is 0 Å². The van der Waals surface area contributed by atoms with Crippen LogP contribution in [0.4, 0.5) is 0 Å². The van der Waals surface area contributed by atoms with E-state index < -0.39 is 0 Å². The maximum Gasteiger partial charge on any atom is 0.228 e. The van der Waals surface area contributed by atoms with Crippen molar-refractivity contribution in [2.45, 2.75) is 19.1 Å². The summed E-state index contributed by atoms with van der Waals surface area (Å²) >= 11 is 0. The summed E-state index contributed by atoms with van der Waals surface area (Å²) in [5.41, 5.74) is 4.33. The summed E-state index contributed by atoms with van der Waals surface area (Å²) < 4.78 is 5.95. The Morgan fingerprint density at radius 3 is 2.88 bits per heavy atom. The Kier molecular flexibility index (Phi) is 4.15. The highest BCUT2D eigenvalue weighted by Crippen LogP contribution is 2.34. The Hall–Kier alpha value is -2.79. The number of fused-ring (bicyclic) bond motifs is 3. The van der Waals surface area contributed by atoms with Crippen molar-refractivity contribution in [2.24, 2.45) is 0 Å². The third-order valence-corrected chi connectivity index (χ3v) is 4.70. The number of hydrogen-bond acceptors (Lipinski definition) is 3. The molecule has 1 amide bonds. The first-order chi connectivity index (χ1) is 12.3. The molecule has 0 radical (unpaired) electrons. The second kappa shape index (κ2) is 6.61. The van der Waals surface area contributed by atoms with Crippen LogP contribution in [0.25, 0.3) is 10.9 Å². The number of aromatic amines is 1. The molecule has 3 aromatic rings. The van der Waals surface area contributed by atoms with Crippen molar-refractivity contribution in [3.8, 4) is 5.75 Å². The average Bonchev–Trinajstić information content (AvgIpc) is 3.04. The molecular weight excluding hydrogens is 314 g/mol. The molecule has 1 aliphatic rings. The molecule has 0 unspecified atom stereocenters. The van der Waals surface area contributed by atoms with E-state index in [1.54, 1.807) is 7.05 Å². The van der Waals surface area contributed by atoms with Crippen LogP contribution in [0.5, 0.6) is 5.75 Å². The predicted molar refractivity (Wildman–Crippen MR) is 97.6 cm³/mol. The second-order valence-electron chi connectivity index (χ2n) is 6.30. The van der Waals surface area contributed by atoms with Gasteiger partial charge in [0.1, 0.15) is 12.4 Å². The van der Waals surface area contributed by atoms with E-state index in [2.05, 4.69) is 15.6 Å². The molecule has 2 heterocycles. The lowest BCUT2D eigenvalue weighted by molar-refractivity contribution is -0.122. The summed E-state index contributed by atoms with van der Waals surface area (Å²) in [7, 11) is 1.68. The van der Waals surface area contributed by atoms with Crippen LogP contribution in [0.2, 0.25) is 0 Å². The summed E-state index contributed by atoms with van der Waals surface area (Å²) in [5, 5.41) is 7.14. The maximum atomic E-state index is 12.3. The van der Waals surface area contributed by atoms with Gasteiger partial charge in [-0.05, 0) is 29.3 Å². The molecule has 1 aliphatic heterocycles. The van der Waals surface area contributed by atoms with E-state index in [1.165, 1.54) is 0 Å². The number of amides is 1. The standard InChI is InChI=1S/C20H21N3O2/c1-21-20(24)16-10-22-11-18-19(16)15-9-14(7-8-17(15)23-18)25-12-13-5-3-2-4-6-13/h2-9,16,22-23H,10-12H2,1H3,(H,21,24)/t16-/m0/s1. The molecule has 5 nitrogen and oxygen atoms in total. The highest BCUT2D eigenvalue weighted by atomic mass is 16.5. The molecule has 0 saturated carbocycles. The molecule has 0 spiro atoms. The van der Waals surface area contributed by atoms with Gasteiger partial charge in [-0.1, -0.05) is 30.3 Å². The highest BCUT2D eigenvalue weighted by molar-refractivity contribution is 5.94. The summed E-state index contributed by atoms with van der Waals surface area (Å²) in [4.78, 5) is 15.7. The van der Waals surface area contributed by atoms with Crippen LogP contribution in [-0.4, -0.2) is 24.5 Å². The highest BCUT2D eigenvalue weighted by Gasteiger charge is 2.29. The maximum absolute atomic E-state index is 12.3. The summed E-state index contributed by atoms with van der Waals surface area (Å²) in [6.45, 7) is 1.92. The number of nitrogens with one attached hydrogen (secondary N) is 3. The fourth-order valence-electron chi connectivity index (χ4n) is 3.46. The second-order valence-corrected chi connectivity index (χ2v) is 6.30. The topological polar surface area (TPSA) is 66.2 Å². The van der Waals surface area contributed by atoms with Crippen molar-refractivity contribution >= 4 is 16.8 Å². The molecule has 1 aromatic heterocycles. The van der Waals surface area contributed by atoms with E-state index >= 15 is 0 Å². The molecule has 3 N–H and O–H groups in total. The van der Waals surface area contributed by atoms with Gasteiger partial charge in [0.25, 0.3) is 0 Å². The third kappa shape index (κ3) is 2.98. The van der Waals surface area contributed by atoms with Crippen molar-refractivity contribution in [2.75, 3.05) is 13.6 Å². The first-order valence-electron chi connectivity index (χ1n) is 8.50. The molecule has 0 bridgehead atoms. The Bertz CT molecular complexity index is 902. The van der Waals surface area contributed by atoms with E-state index in [-0.39, 0.29) is 11.8 Å². The number of carbonyl (C=O) groups excluding carboxylic acids is 1. The van der Waals surface area contributed by atoms with Crippen molar-refractivity contribution in [3.05, 3.63) is 65.4 Å². The van der Waals surface area contributed by atoms with E-state index in [1.807, 2.05) is 48.5 Å². The van der Waals surface area contributed by atoms with Crippen molar-refractivity contribution in [1.29, 1.82) is 0 Å². The van der Waals surface area contributed by atoms with E-state index in [0.717, 1.165) is 40.0 Å². The molecule has 4 rings (SSSR count). The zero-order valence-corrected chi connectivity index (χ0v) is 14.1. The number of H-pyrrole nitrogens is 1. The van der Waals surface area contributed by atoms with Crippen molar-refractivity contribution in [3.63, 3.8) is 0 Å². The van der Waals surface area contributed by atoms with Gasteiger partial charge in [0.05, 0.1) is 5.92 Å². The lowest BCUT2D eigenvalue weighted by Gasteiger charge is -2.22. The quantitative estimate of drug-likeness (QED) is 0.687. The molecule has 1 atom stereocenters. The Balaban J connectivity index is 1.67. The Labute approximate surface area is 146 Å². The monoisotopic (exact) mass is 335 g/mol. The number of hydrogen-bond donors (Lipinski definition) is 3. The van der Waals surface area contributed by atoms with Gasteiger partial charge < -0.3 is 20.4 Å². The Morgan fingerprint density at radius 1 is 1.24 bits per heavy atom. The first-order valence-corrected chi connectivity index (χ1v) is 8.50. The third-order valence-electron chi connectivity index (χ3n) is 4.70. The van der Waals surface area contributed by atoms with Gasteiger partial charge in [-0.15, -0.1) is 0 Å². The molecule has 0 fully saturated rings. The predicted octanol–water partition coefficient (Wildman–Crippen LogP) is 2.68. The summed E-state index contributed by atoms with van der Waals surface area (Å²) in [5.74, 6) is 0.657. The van der Waals surface area contributed by atoms with Crippen LogP contribution in [-0.2, 0) is 17.9 Å². The molecule has 25 heavy (non-hydrogen) atoms. The summed E-state index contributed by atoms with van der Waals surface area (Å²) in [6.07, 6.45) is 0. The van der Waals surface area contributed by atoms with Gasteiger partial charge in [-0.3, -0.25) is 4.79 Å². The van der Waals surface area contributed by atoms with E-state index in [9.17, 15) is 4.79 Å². The van der Waals surface area contributed by atoms with Gasteiger partial charge in [0.2, 0.25) is 5.91 Å². The molecule has 0 aliphatic carbocycles. The smallest absolute Gasteiger partial charge is 0.228 e. The lowest BCUT2D eigenvalue weighted by Crippen LogP contribution is -2.37. The SMILES string of the molecule is CNC(=O)[C@H]1CNCc2[nH]c3ccc(OCc4ccccc4)cc3c21. The molecular formula is C20H21N3O2. The normalized spacial score (nSPS) is 16.4.